The topological polar surface area (TPSA) is 126 Å². The van der Waals surface area contributed by atoms with Crippen molar-refractivity contribution in [1.82, 2.24) is 25.1 Å². The lowest BCUT2D eigenvalue weighted by atomic mass is 10.2. The highest BCUT2D eigenvalue weighted by Gasteiger charge is 2.16. The van der Waals surface area contributed by atoms with Gasteiger partial charge in [-0.1, -0.05) is 6.92 Å². The van der Waals surface area contributed by atoms with Gasteiger partial charge in [0.25, 0.3) is 0 Å². The number of benzene rings is 2. The third-order valence-corrected chi connectivity index (χ3v) is 6.87. The molecule has 0 saturated heterocycles. The number of nitrogens with zero attached hydrogens (tertiary/aromatic N) is 5. The van der Waals surface area contributed by atoms with Crippen LogP contribution in [0.15, 0.2) is 47.6 Å². The molecule has 2 heterocycles. The summed E-state index contributed by atoms with van der Waals surface area (Å²) in [6.07, 6.45) is 1.39. The molecule has 4 aromatic rings. The SMILES string of the molecule is CCS(=O)(=O)c1ccc(OC)c(Nc2ncnc(N(C)c3ccc4c(C)n[nH]c4c3)n2)c1. The van der Waals surface area contributed by atoms with Crippen molar-refractivity contribution in [2.24, 2.45) is 0 Å². The van der Waals surface area contributed by atoms with Crippen LogP contribution in [0.3, 0.4) is 0 Å². The van der Waals surface area contributed by atoms with Crippen LogP contribution in [0.25, 0.3) is 10.9 Å². The number of aromatic amines is 1. The Kier molecular flexibility index (Phi) is 5.66. The summed E-state index contributed by atoms with van der Waals surface area (Å²) in [5.74, 6) is 1.13. The fraction of sp³-hybridized carbons (Fsp3) is 0.238. The molecule has 0 aliphatic rings. The van der Waals surface area contributed by atoms with Gasteiger partial charge in [-0.25, -0.2) is 18.4 Å². The van der Waals surface area contributed by atoms with Crippen molar-refractivity contribution in [3.8, 4) is 5.75 Å². The smallest absolute Gasteiger partial charge is 0.234 e. The molecular formula is C21H23N7O3S. The Balaban J connectivity index is 1.65. The lowest BCUT2D eigenvalue weighted by Crippen LogP contribution is -2.14. The number of methoxy groups -OCH3 is 1. The van der Waals surface area contributed by atoms with E-state index in [-0.39, 0.29) is 16.6 Å². The average molecular weight is 454 g/mol. The number of H-pyrrole nitrogens is 1. The average Bonchev–Trinajstić information content (AvgIpc) is 3.18. The van der Waals surface area contributed by atoms with Gasteiger partial charge in [-0.05, 0) is 43.3 Å². The second-order valence-corrected chi connectivity index (χ2v) is 9.38. The molecule has 32 heavy (non-hydrogen) atoms. The molecule has 11 heteroatoms. The number of anilines is 4. The monoisotopic (exact) mass is 453 g/mol. The van der Waals surface area contributed by atoms with E-state index in [9.17, 15) is 8.42 Å². The summed E-state index contributed by atoms with van der Waals surface area (Å²) in [7, 11) is -0.0228. The van der Waals surface area contributed by atoms with Gasteiger partial charge in [0.2, 0.25) is 11.9 Å². The number of aryl methyl sites for hydroxylation is 1. The van der Waals surface area contributed by atoms with Crippen LogP contribution in [-0.2, 0) is 9.84 Å². The molecule has 0 unspecified atom stereocenters. The minimum Gasteiger partial charge on any atom is -0.495 e. The lowest BCUT2D eigenvalue weighted by Gasteiger charge is -2.18. The molecule has 2 aromatic heterocycles. The molecule has 0 spiro atoms. The highest BCUT2D eigenvalue weighted by atomic mass is 32.2. The van der Waals surface area contributed by atoms with E-state index >= 15 is 0 Å². The van der Waals surface area contributed by atoms with Crippen LogP contribution in [-0.4, -0.2) is 53.5 Å². The summed E-state index contributed by atoms with van der Waals surface area (Å²) < 4.78 is 29.9. The molecule has 4 rings (SSSR count). The second-order valence-electron chi connectivity index (χ2n) is 7.10. The van der Waals surface area contributed by atoms with Crippen molar-refractivity contribution in [3.05, 3.63) is 48.4 Å². The zero-order valence-corrected chi connectivity index (χ0v) is 18.9. The summed E-state index contributed by atoms with van der Waals surface area (Å²) in [5, 5.41) is 11.3. The Bertz CT molecular complexity index is 1390. The van der Waals surface area contributed by atoms with Crippen LogP contribution in [0.4, 0.5) is 23.3 Å². The van der Waals surface area contributed by atoms with Crippen molar-refractivity contribution < 1.29 is 13.2 Å². The fourth-order valence-electron chi connectivity index (χ4n) is 3.24. The van der Waals surface area contributed by atoms with Crippen LogP contribution in [0.1, 0.15) is 12.6 Å². The maximum Gasteiger partial charge on any atom is 0.234 e. The van der Waals surface area contributed by atoms with Crippen molar-refractivity contribution in [2.45, 2.75) is 18.7 Å². The maximum absolute atomic E-state index is 12.3. The standard InChI is InChI=1S/C21H23N7O3S/c1-5-32(29,30)15-7-9-19(31-4)18(11-15)24-20-22-12-23-21(25-20)28(3)14-6-8-16-13(2)26-27-17(16)10-14/h6-12H,5H2,1-4H3,(H,26,27)(H,22,23,24,25). The molecule has 0 atom stereocenters. The number of hydrogen-bond donors (Lipinski definition) is 2. The van der Waals surface area contributed by atoms with Gasteiger partial charge in [-0.3, -0.25) is 5.10 Å². The van der Waals surface area contributed by atoms with E-state index in [1.54, 1.807) is 13.0 Å². The molecule has 0 aliphatic carbocycles. The van der Waals surface area contributed by atoms with E-state index in [1.807, 2.05) is 37.1 Å². The van der Waals surface area contributed by atoms with Gasteiger partial charge in [-0.2, -0.15) is 10.1 Å². The molecule has 0 fully saturated rings. The van der Waals surface area contributed by atoms with Crippen LogP contribution in [0.5, 0.6) is 5.75 Å². The largest absolute Gasteiger partial charge is 0.495 e. The molecule has 10 nitrogen and oxygen atoms in total. The lowest BCUT2D eigenvalue weighted by molar-refractivity contribution is 0.416. The molecule has 0 radical (unpaired) electrons. The first-order chi connectivity index (χ1) is 15.3. The number of hydrogen-bond acceptors (Lipinski definition) is 9. The third kappa shape index (κ3) is 4.06. The quantitative estimate of drug-likeness (QED) is 0.433. The van der Waals surface area contributed by atoms with E-state index in [1.165, 1.54) is 25.6 Å². The molecule has 0 bridgehead atoms. The Hall–Kier alpha value is -3.73. The van der Waals surface area contributed by atoms with Gasteiger partial charge >= 0.3 is 0 Å². The minimum atomic E-state index is -3.38. The number of rotatable bonds is 7. The predicted molar refractivity (Wildman–Crippen MR) is 123 cm³/mol. The number of aromatic nitrogens is 5. The van der Waals surface area contributed by atoms with Crippen molar-refractivity contribution in [1.29, 1.82) is 0 Å². The van der Waals surface area contributed by atoms with Crippen LogP contribution in [0.2, 0.25) is 0 Å². The van der Waals surface area contributed by atoms with Gasteiger partial charge < -0.3 is 15.0 Å². The number of sulfone groups is 1. The Morgan fingerprint density at radius 3 is 2.72 bits per heavy atom. The summed E-state index contributed by atoms with van der Waals surface area (Å²) in [4.78, 5) is 14.9. The maximum atomic E-state index is 12.3. The zero-order valence-electron chi connectivity index (χ0n) is 18.1. The van der Waals surface area contributed by atoms with Gasteiger partial charge in [0, 0.05) is 18.1 Å². The molecule has 2 aromatic carbocycles. The van der Waals surface area contributed by atoms with Gasteiger partial charge in [-0.15, -0.1) is 0 Å². The first-order valence-corrected chi connectivity index (χ1v) is 11.5. The zero-order chi connectivity index (χ0) is 22.9. The molecule has 0 saturated carbocycles. The first-order valence-electron chi connectivity index (χ1n) is 9.87. The third-order valence-electron chi connectivity index (χ3n) is 5.14. The highest BCUT2D eigenvalue weighted by molar-refractivity contribution is 7.91. The molecule has 0 aliphatic heterocycles. The van der Waals surface area contributed by atoms with Gasteiger partial charge in [0.15, 0.2) is 9.84 Å². The predicted octanol–water partition coefficient (Wildman–Crippen LogP) is 3.37. The van der Waals surface area contributed by atoms with Gasteiger partial charge in [0.1, 0.15) is 12.1 Å². The second kappa shape index (κ2) is 8.42. The first kappa shape index (κ1) is 21.5. The van der Waals surface area contributed by atoms with Crippen molar-refractivity contribution >= 4 is 44.0 Å². The molecule has 2 N–H and O–H groups in total. The highest BCUT2D eigenvalue weighted by Crippen LogP contribution is 2.31. The van der Waals surface area contributed by atoms with E-state index < -0.39 is 9.84 Å². The molecular weight excluding hydrogens is 430 g/mol. The minimum absolute atomic E-state index is 0.000329. The van der Waals surface area contributed by atoms with Crippen molar-refractivity contribution in [3.63, 3.8) is 0 Å². The van der Waals surface area contributed by atoms with Gasteiger partial charge in [0.05, 0.1) is 34.7 Å². The van der Waals surface area contributed by atoms with Crippen LogP contribution < -0.4 is 15.0 Å². The van der Waals surface area contributed by atoms with Crippen LogP contribution in [0, 0.1) is 6.92 Å². The van der Waals surface area contributed by atoms with E-state index in [2.05, 4.69) is 30.5 Å². The van der Waals surface area contributed by atoms with E-state index in [4.69, 9.17) is 4.74 Å². The van der Waals surface area contributed by atoms with Crippen molar-refractivity contribution in [2.75, 3.05) is 30.1 Å². The summed E-state index contributed by atoms with van der Waals surface area (Å²) in [6, 6.07) is 10.5. The Morgan fingerprint density at radius 1 is 1.16 bits per heavy atom. The fourth-order valence-corrected chi connectivity index (χ4v) is 4.15. The number of ether oxygens (including phenoxy) is 1. The van der Waals surface area contributed by atoms with E-state index in [0.717, 1.165) is 22.3 Å². The summed E-state index contributed by atoms with van der Waals surface area (Å²) in [6.45, 7) is 3.55. The normalized spacial score (nSPS) is 11.5. The van der Waals surface area contributed by atoms with E-state index in [0.29, 0.717) is 17.4 Å². The van der Waals surface area contributed by atoms with Crippen LogP contribution >= 0.6 is 0 Å². The Morgan fingerprint density at radius 2 is 1.97 bits per heavy atom. The number of nitrogens with one attached hydrogen (secondary N) is 2. The Labute approximate surface area is 185 Å². The molecule has 166 valence electrons. The molecule has 0 amide bonds. The number of fused-ring (bicyclic) bond motifs is 1. The summed E-state index contributed by atoms with van der Waals surface area (Å²) in [5.41, 5.74) is 3.16. The summed E-state index contributed by atoms with van der Waals surface area (Å²) >= 11 is 0.